The number of aryl methyl sites for hydroxylation is 1. The monoisotopic (exact) mass is 484 g/mol. The summed E-state index contributed by atoms with van der Waals surface area (Å²) in [5.74, 6) is 1.23. The molecule has 0 aliphatic rings. The molecule has 0 fully saturated rings. The Kier molecular flexibility index (Phi) is 7.55. The topological polar surface area (TPSA) is 98.9 Å². The first-order valence-corrected chi connectivity index (χ1v) is 10.3. The van der Waals surface area contributed by atoms with Crippen LogP contribution in [0.25, 0.3) is 0 Å². The van der Waals surface area contributed by atoms with Gasteiger partial charge >= 0.3 is 5.69 Å². The Labute approximate surface area is 188 Å². The van der Waals surface area contributed by atoms with Gasteiger partial charge in [0.15, 0.2) is 11.5 Å². The van der Waals surface area contributed by atoms with Crippen LogP contribution in [0.5, 0.6) is 11.5 Å². The molecule has 2 aromatic carbocycles. The lowest BCUT2D eigenvalue weighted by Gasteiger charge is -2.14. The van der Waals surface area contributed by atoms with E-state index in [-0.39, 0.29) is 11.5 Å². The molecule has 160 valence electrons. The average Bonchev–Trinajstić information content (AvgIpc) is 2.75. The van der Waals surface area contributed by atoms with Crippen LogP contribution in [-0.2, 0) is 6.61 Å². The molecule has 0 saturated carbocycles. The average molecular weight is 485 g/mol. The molecule has 31 heavy (non-hydrogen) atoms. The van der Waals surface area contributed by atoms with Gasteiger partial charge in [-0.05, 0) is 53.5 Å². The van der Waals surface area contributed by atoms with Gasteiger partial charge in [0.05, 0.1) is 17.7 Å². The van der Waals surface area contributed by atoms with E-state index in [1.54, 1.807) is 6.07 Å². The van der Waals surface area contributed by atoms with E-state index in [9.17, 15) is 10.1 Å². The fraction of sp³-hybridized carbons (Fsp3) is 0.182. The lowest BCUT2D eigenvalue weighted by molar-refractivity contribution is -0.384. The molecule has 9 heteroatoms. The standard InChI is InChI=1S/C22H21BrN4O4/c1-3-30-20-11-17(13-25-26-22-19(27(28)29)8-5-9-24-22)18(23)12-21(20)31-14-16-7-4-6-15(2)10-16/h4-13H,3,14H2,1-2H3,(H,24,26)/b25-13-. The number of halogens is 1. The number of rotatable bonds is 9. The van der Waals surface area contributed by atoms with Crippen molar-refractivity contribution in [2.45, 2.75) is 20.5 Å². The van der Waals surface area contributed by atoms with Gasteiger partial charge in [0.1, 0.15) is 6.61 Å². The lowest BCUT2D eigenvalue weighted by atomic mass is 10.1. The number of aromatic nitrogens is 1. The number of anilines is 1. The summed E-state index contributed by atoms with van der Waals surface area (Å²) in [5.41, 5.74) is 5.39. The number of ether oxygens (including phenoxy) is 2. The van der Waals surface area contributed by atoms with Crippen molar-refractivity contribution < 1.29 is 14.4 Å². The number of nitrogens with zero attached hydrogens (tertiary/aromatic N) is 3. The van der Waals surface area contributed by atoms with E-state index in [2.05, 4.69) is 37.5 Å². The Morgan fingerprint density at radius 3 is 2.74 bits per heavy atom. The minimum atomic E-state index is -0.520. The summed E-state index contributed by atoms with van der Waals surface area (Å²) in [6.45, 7) is 4.80. The van der Waals surface area contributed by atoms with E-state index in [0.717, 1.165) is 10.0 Å². The first kappa shape index (κ1) is 22.2. The van der Waals surface area contributed by atoms with Crippen molar-refractivity contribution in [2.75, 3.05) is 12.0 Å². The number of hydrogen-bond acceptors (Lipinski definition) is 7. The van der Waals surface area contributed by atoms with E-state index in [1.165, 1.54) is 30.1 Å². The van der Waals surface area contributed by atoms with Crippen LogP contribution in [0, 0.1) is 17.0 Å². The number of hydrogen-bond donors (Lipinski definition) is 1. The predicted octanol–water partition coefficient (Wildman–Crippen LogP) is 5.48. The first-order valence-electron chi connectivity index (χ1n) is 9.51. The van der Waals surface area contributed by atoms with Crippen LogP contribution in [-0.4, -0.2) is 22.7 Å². The number of hydrazone groups is 1. The maximum absolute atomic E-state index is 11.1. The molecule has 0 radical (unpaired) electrons. The number of benzene rings is 2. The first-order chi connectivity index (χ1) is 15.0. The Bertz CT molecular complexity index is 1100. The molecule has 8 nitrogen and oxygen atoms in total. The quantitative estimate of drug-likeness (QED) is 0.245. The van der Waals surface area contributed by atoms with Crippen molar-refractivity contribution in [3.63, 3.8) is 0 Å². The molecule has 3 rings (SSSR count). The summed E-state index contributed by atoms with van der Waals surface area (Å²) < 4.78 is 12.4. The maximum atomic E-state index is 11.1. The van der Waals surface area contributed by atoms with Gasteiger partial charge in [-0.3, -0.25) is 15.5 Å². The minimum Gasteiger partial charge on any atom is -0.490 e. The zero-order valence-electron chi connectivity index (χ0n) is 17.0. The van der Waals surface area contributed by atoms with Crippen LogP contribution in [0.3, 0.4) is 0 Å². The van der Waals surface area contributed by atoms with Crippen LogP contribution >= 0.6 is 15.9 Å². The summed E-state index contributed by atoms with van der Waals surface area (Å²) in [4.78, 5) is 14.5. The van der Waals surface area contributed by atoms with E-state index in [0.29, 0.717) is 30.3 Å². The van der Waals surface area contributed by atoms with Crippen LogP contribution < -0.4 is 14.9 Å². The van der Waals surface area contributed by atoms with Crippen molar-refractivity contribution in [1.82, 2.24) is 4.98 Å². The second-order valence-electron chi connectivity index (χ2n) is 6.53. The third-order valence-corrected chi connectivity index (χ3v) is 4.88. The molecule has 0 amide bonds. The van der Waals surface area contributed by atoms with E-state index in [1.807, 2.05) is 38.1 Å². The Morgan fingerprint density at radius 1 is 1.19 bits per heavy atom. The highest BCUT2D eigenvalue weighted by Gasteiger charge is 2.14. The van der Waals surface area contributed by atoms with Crippen molar-refractivity contribution in [3.05, 3.63) is 86.0 Å². The van der Waals surface area contributed by atoms with Crippen LogP contribution in [0.15, 0.2) is 64.3 Å². The van der Waals surface area contributed by atoms with Crippen molar-refractivity contribution in [1.29, 1.82) is 0 Å². The molecule has 0 atom stereocenters. The van der Waals surface area contributed by atoms with E-state index >= 15 is 0 Å². The number of nitro groups is 1. The Morgan fingerprint density at radius 2 is 2.00 bits per heavy atom. The van der Waals surface area contributed by atoms with Gasteiger partial charge in [0.2, 0.25) is 5.82 Å². The summed E-state index contributed by atoms with van der Waals surface area (Å²) in [7, 11) is 0. The SMILES string of the molecule is CCOc1cc(/C=N\Nc2ncccc2[N+](=O)[O-])c(Br)cc1OCc1cccc(C)c1. The summed E-state index contributed by atoms with van der Waals surface area (Å²) >= 11 is 3.52. The Hall–Kier alpha value is -3.46. The minimum absolute atomic E-state index is 0.0583. The smallest absolute Gasteiger partial charge is 0.313 e. The molecule has 0 unspecified atom stereocenters. The molecule has 0 aliphatic heterocycles. The van der Waals surface area contributed by atoms with Crippen molar-refractivity contribution in [2.24, 2.45) is 5.10 Å². The normalized spacial score (nSPS) is 10.8. The molecular weight excluding hydrogens is 464 g/mol. The second kappa shape index (κ2) is 10.5. The fourth-order valence-corrected chi connectivity index (χ4v) is 3.21. The summed E-state index contributed by atoms with van der Waals surface area (Å²) in [6, 6.07) is 14.6. The Balaban J connectivity index is 1.78. The zero-order valence-corrected chi connectivity index (χ0v) is 18.6. The highest BCUT2D eigenvalue weighted by molar-refractivity contribution is 9.10. The number of nitrogens with one attached hydrogen (secondary N) is 1. The van der Waals surface area contributed by atoms with Crippen LogP contribution in [0.1, 0.15) is 23.6 Å². The van der Waals surface area contributed by atoms with E-state index < -0.39 is 4.92 Å². The lowest BCUT2D eigenvalue weighted by Crippen LogP contribution is -2.02. The van der Waals surface area contributed by atoms with Crippen molar-refractivity contribution >= 4 is 33.6 Å². The fourth-order valence-electron chi connectivity index (χ4n) is 2.79. The zero-order chi connectivity index (χ0) is 22.2. The van der Waals surface area contributed by atoms with Gasteiger partial charge < -0.3 is 9.47 Å². The van der Waals surface area contributed by atoms with E-state index in [4.69, 9.17) is 9.47 Å². The van der Waals surface area contributed by atoms with Gasteiger partial charge in [-0.2, -0.15) is 5.10 Å². The number of pyridine rings is 1. The van der Waals surface area contributed by atoms with Gasteiger partial charge in [-0.1, -0.05) is 29.8 Å². The predicted molar refractivity (Wildman–Crippen MR) is 123 cm³/mol. The van der Waals surface area contributed by atoms with Crippen LogP contribution in [0.2, 0.25) is 0 Å². The third-order valence-electron chi connectivity index (χ3n) is 4.20. The molecule has 0 aliphatic carbocycles. The molecule has 0 bridgehead atoms. The van der Waals surface area contributed by atoms with Gasteiger partial charge in [0, 0.05) is 22.3 Å². The molecule has 1 heterocycles. The molecule has 1 N–H and O–H groups in total. The largest absolute Gasteiger partial charge is 0.490 e. The van der Waals surface area contributed by atoms with Crippen molar-refractivity contribution in [3.8, 4) is 11.5 Å². The van der Waals surface area contributed by atoms with Gasteiger partial charge in [-0.15, -0.1) is 0 Å². The molecular formula is C22H21BrN4O4. The third kappa shape index (κ3) is 6.02. The summed E-state index contributed by atoms with van der Waals surface area (Å²) in [5, 5.41) is 15.2. The molecule has 3 aromatic rings. The molecule has 0 saturated heterocycles. The van der Waals surface area contributed by atoms with Crippen LogP contribution in [0.4, 0.5) is 11.5 Å². The highest BCUT2D eigenvalue weighted by atomic mass is 79.9. The molecule has 1 aromatic heterocycles. The highest BCUT2D eigenvalue weighted by Crippen LogP contribution is 2.34. The van der Waals surface area contributed by atoms with Gasteiger partial charge in [-0.25, -0.2) is 4.98 Å². The van der Waals surface area contributed by atoms with Gasteiger partial charge in [0.25, 0.3) is 0 Å². The molecule has 0 spiro atoms. The maximum Gasteiger partial charge on any atom is 0.313 e. The second-order valence-corrected chi connectivity index (χ2v) is 7.38. The summed E-state index contributed by atoms with van der Waals surface area (Å²) in [6.07, 6.45) is 2.98.